The van der Waals surface area contributed by atoms with Gasteiger partial charge in [-0.2, -0.15) is 0 Å². The van der Waals surface area contributed by atoms with Crippen molar-refractivity contribution < 1.29 is 9.53 Å². The van der Waals surface area contributed by atoms with Crippen LogP contribution >= 0.6 is 11.8 Å². The number of rotatable bonds is 7. The van der Waals surface area contributed by atoms with Crippen molar-refractivity contribution in [2.75, 3.05) is 25.2 Å². The first-order valence-electron chi connectivity index (χ1n) is 6.12. The summed E-state index contributed by atoms with van der Waals surface area (Å²) in [6, 6.07) is 9.98. The predicted molar refractivity (Wildman–Crippen MR) is 77.2 cm³/mol. The topological polar surface area (TPSA) is 29.5 Å². The van der Waals surface area contributed by atoms with Gasteiger partial charge in [-0.15, -0.1) is 11.8 Å². The van der Waals surface area contributed by atoms with Crippen molar-refractivity contribution in [1.82, 2.24) is 4.90 Å². The van der Waals surface area contributed by atoms with Gasteiger partial charge in [0.2, 0.25) is 5.91 Å². The van der Waals surface area contributed by atoms with Crippen molar-refractivity contribution in [3.05, 3.63) is 30.3 Å². The summed E-state index contributed by atoms with van der Waals surface area (Å²) in [5, 5.41) is 0. The van der Waals surface area contributed by atoms with Crippen LogP contribution in [0.3, 0.4) is 0 Å². The lowest BCUT2D eigenvalue weighted by Crippen LogP contribution is -2.34. The molecule has 0 N–H and O–H groups in total. The minimum atomic E-state index is 0.176. The van der Waals surface area contributed by atoms with E-state index in [2.05, 4.69) is 0 Å². The van der Waals surface area contributed by atoms with Gasteiger partial charge in [0.15, 0.2) is 0 Å². The molecular weight excluding hydrogens is 246 g/mol. The van der Waals surface area contributed by atoms with Crippen molar-refractivity contribution in [3.63, 3.8) is 0 Å². The van der Waals surface area contributed by atoms with Crippen LogP contribution in [-0.4, -0.2) is 42.0 Å². The summed E-state index contributed by atoms with van der Waals surface area (Å²) in [4.78, 5) is 13.5. The van der Waals surface area contributed by atoms with E-state index in [1.54, 1.807) is 16.7 Å². The first-order chi connectivity index (χ1) is 8.61. The van der Waals surface area contributed by atoms with Gasteiger partial charge < -0.3 is 9.64 Å². The molecule has 0 bridgehead atoms. The number of benzene rings is 1. The highest BCUT2D eigenvalue weighted by atomic mass is 32.2. The fraction of sp³-hybridized carbons (Fsp3) is 0.500. The molecular formula is C14H21NO2S. The van der Waals surface area contributed by atoms with Gasteiger partial charge in [-0.25, -0.2) is 0 Å². The van der Waals surface area contributed by atoms with E-state index < -0.39 is 0 Å². The molecule has 1 aromatic carbocycles. The Morgan fingerprint density at radius 1 is 1.33 bits per heavy atom. The third-order valence-corrected chi connectivity index (χ3v) is 3.54. The van der Waals surface area contributed by atoms with E-state index in [0.717, 1.165) is 11.5 Å². The maximum Gasteiger partial charge on any atom is 0.232 e. The third-order valence-electron chi connectivity index (χ3n) is 2.63. The molecule has 1 aromatic rings. The van der Waals surface area contributed by atoms with E-state index in [1.807, 2.05) is 51.2 Å². The van der Waals surface area contributed by atoms with E-state index in [9.17, 15) is 4.79 Å². The van der Waals surface area contributed by atoms with E-state index in [4.69, 9.17) is 4.74 Å². The Morgan fingerprint density at radius 2 is 2.00 bits per heavy atom. The number of nitrogens with zero attached hydrogens (tertiary/aromatic N) is 1. The third kappa shape index (κ3) is 5.45. The Labute approximate surface area is 114 Å². The largest absolute Gasteiger partial charge is 0.493 e. The zero-order valence-corrected chi connectivity index (χ0v) is 12.1. The number of hydrogen-bond acceptors (Lipinski definition) is 3. The van der Waals surface area contributed by atoms with Gasteiger partial charge in [0.05, 0.1) is 12.4 Å². The minimum absolute atomic E-state index is 0.176. The van der Waals surface area contributed by atoms with Crippen LogP contribution in [0.15, 0.2) is 30.3 Å². The summed E-state index contributed by atoms with van der Waals surface area (Å²) < 4.78 is 5.55. The lowest BCUT2D eigenvalue weighted by Gasteiger charge is -2.21. The molecule has 0 aliphatic heterocycles. The zero-order chi connectivity index (χ0) is 13.4. The first-order valence-corrected chi connectivity index (χ1v) is 7.28. The van der Waals surface area contributed by atoms with Crippen molar-refractivity contribution in [2.24, 2.45) is 0 Å². The van der Waals surface area contributed by atoms with E-state index >= 15 is 0 Å². The second-order valence-corrected chi connectivity index (χ2v) is 5.42. The molecule has 0 aromatic heterocycles. The maximum absolute atomic E-state index is 11.7. The lowest BCUT2D eigenvalue weighted by atomic mass is 10.3. The number of carbonyl (C=O) groups excluding carboxylic acids is 1. The van der Waals surface area contributed by atoms with E-state index in [-0.39, 0.29) is 11.9 Å². The van der Waals surface area contributed by atoms with Crippen molar-refractivity contribution in [2.45, 2.75) is 19.9 Å². The molecule has 3 nitrogen and oxygen atoms in total. The molecule has 0 atom stereocenters. The molecule has 0 unspecified atom stereocenters. The van der Waals surface area contributed by atoms with Crippen LogP contribution in [0, 0.1) is 0 Å². The van der Waals surface area contributed by atoms with Crippen LogP contribution in [0.1, 0.15) is 13.8 Å². The predicted octanol–water partition coefficient (Wildman–Crippen LogP) is 2.67. The van der Waals surface area contributed by atoms with Gasteiger partial charge >= 0.3 is 0 Å². The highest BCUT2D eigenvalue weighted by Crippen LogP contribution is 2.10. The molecule has 0 heterocycles. The molecule has 1 rings (SSSR count). The van der Waals surface area contributed by atoms with Crippen LogP contribution in [-0.2, 0) is 4.79 Å². The Bertz CT molecular complexity index is 354. The number of ether oxygens (including phenoxy) is 1. The summed E-state index contributed by atoms with van der Waals surface area (Å²) in [6.45, 7) is 4.66. The van der Waals surface area contributed by atoms with Crippen LogP contribution in [0.5, 0.6) is 5.75 Å². The second-order valence-electron chi connectivity index (χ2n) is 4.31. The molecule has 0 aliphatic carbocycles. The van der Waals surface area contributed by atoms with Gasteiger partial charge in [0.25, 0.3) is 0 Å². The first kappa shape index (κ1) is 14.9. The molecule has 0 aliphatic rings. The van der Waals surface area contributed by atoms with Crippen molar-refractivity contribution in [3.8, 4) is 5.75 Å². The SMILES string of the molecule is CC(C)N(C)C(=O)CSCCOc1ccccc1. The van der Waals surface area contributed by atoms with Crippen LogP contribution in [0.25, 0.3) is 0 Å². The fourth-order valence-corrected chi connectivity index (χ4v) is 2.01. The molecule has 1 amide bonds. The number of thioether (sulfide) groups is 1. The average Bonchev–Trinajstić information content (AvgIpc) is 2.38. The summed E-state index contributed by atoms with van der Waals surface area (Å²) >= 11 is 1.61. The smallest absolute Gasteiger partial charge is 0.232 e. The molecule has 100 valence electrons. The molecule has 0 fully saturated rings. The average molecular weight is 267 g/mol. The highest BCUT2D eigenvalue weighted by Gasteiger charge is 2.11. The molecule has 0 spiro atoms. The van der Waals surface area contributed by atoms with Crippen LogP contribution in [0.2, 0.25) is 0 Å². The van der Waals surface area contributed by atoms with Gasteiger partial charge in [0.1, 0.15) is 5.75 Å². The number of amides is 1. The Kier molecular flexibility index (Phi) is 6.65. The van der Waals surface area contributed by atoms with Crippen molar-refractivity contribution >= 4 is 17.7 Å². The fourth-order valence-electron chi connectivity index (χ4n) is 1.28. The minimum Gasteiger partial charge on any atom is -0.493 e. The molecule has 18 heavy (non-hydrogen) atoms. The zero-order valence-electron chi connectivity index (χ0n) is 11.3. The Balaban J connectivity index is 2.11. The van der Waals surface area contributed by atoms with E-state index in [0.29, 0.717) is 12.4 Å². The summed E-state index contributed by atoms with van der Waals surface area (Å²) in [5.74, 6) is 2.40. The second kappa shape index (κ2) is 8.03. The molecule has 0 saturated heterocycles. The quantitative estimate of drug-likeness (QED) is 0.711. The number of para-hydroxylation sites is 1. The summed E-state index contributed by atoms with van der Waals surface area (Å²) in [5.41, 5.74) is 0. The molecule has 4 heteroatoms. The van der Waals surface area contributed by atoms with Crippen LogP contribution < -0.4 is 4.74 Å². The van der Waals surface area contributed by atoms with E-state index in [1.165, 1.54) is 0 Å². The Morgan fingerprint density at radius 3 is 2.61 bits per heavy atom. The van der Waals surface area contributed by atoms with Crippen LogP contribution in [0.4, 0.5) is 0 Å². The van der Waals surface area contributed by atoms with Gasteiger partial charge in [-0.1, -0.05) is 18.2 Å². The van der Waals surface area contributed by atoms with Crippen molar-refractivity contribution in [1.29, 1.82) is 0 Å². The lowest BCUT2D eigenvalue weighted by molar-refractivity contribution is -0.128. The monoisotopic (exact) mass is 267 g/mol. The van der Waals surface area contributed by atoms with Gasteiger partial charge in [-0.3, -0.25) is 4.79 Å². The Hall–Kier alpha value is -1.16. The number of hydrogen-bond donors (Lipinski definition) is 0. The highest BCUT2D eigenvalue weighted by molar-refractivity contribution is 7.99. The summed E-state index contributed by atoms with van der Waals surface area (Å²) in [6.07, 6.45) is 0. The van der Waals surface area contributed by atoms with Gasteiger partial charge in [-0.05, 0) is 26.0 Å². The van der Waals surface area contributed by atoms with Gasteiger partial charge in [0, 0.05) is 18.8 Å². The molecule has 0 saturated carbocycles. The maximum atomic E-state index is 11.7. The molecule has 0 radical (unpaired) electrons. The standard InChI is InChI=1S/C14H21NO2S/c1-12(2)15(3)14(16)11-18-10-9-17-13-7-5-4-6-8-13/h4-8,12H,9-11H2,1-3H3. The summed E-state index contributed by atoms with van der Waals surface area (Å²) in [7, 11) is 1.84. The normalized spacial score (nSPS) is 10.4. The number of carbonyl (C=O) groups is 1.